The van der Waals surface area contributed by atoms with E-state index in [1.54, 1.807) is 12.1 Å². The summed E-state index contributed by atoms with van der Waals surface area (Å²) in [6.45, 7) is 0. The topological polar surface area (TPSA) is 142 Å². The molecule has 0 bridgehead atoms. The summed E-state index contributed by atoms with van der Waals surface area (Å²) < 4.78 is 0. The molecule has 1 unspecified atom stereocenters. The van der Waals surface area contributed by atoms with Crippen molar-refractivity contribution in [1.29, 1.82) is 0 Å². The van der Waals surface area contributed by atoms with Crippen LogP contribution in [0, 0.1) is 0 Å². The number of phenolic OH excluding ortho intramolecular Hbond substituents is 1. The monoisotopic (exact) mass is 343 g/mol. The highest BCUT2D eigenvalue weighted by molar-refractivity contribution is 5.94. The van der Waals surface area contributed by atoms with Gasteiger partial charge in [0.2, 0.25) is 5.91 Å². The van der Waals surface area contributed by atoms with Gasteiger partial charge in [-0.1, -0.05) is 12.1 Å². The fourth-order valence-electron chi connectivity index (χ4n) is 2.21. The van der Waals surface area contributed by atoms with Crippen LogP contribution in [0.4, 0.5) is 10.5 Å². The molecule has 0 saturated heterocycles. The standard InChI is InChI=1S/C17H17N3O5/c18-16(24)10-4-6-12(7-5-10)19-17(25)20-14(9-15(22)23)11-2-1-3-13(21)8-11/h1-8,14,21H,9H2,(H2,18,24)(H,22,23)(H2,19,20,25). The number of primary amides is 1. The van der Waals surface area contributed by atoms with Crippen molar-refractivity contribution in [2.24, 2.45) is 5.73 Å². The SMILES string of the molecule is NC(=O)c1ccc(NC(=O)NC(CC(=O)O)c2cccc(O)c2)cc1. The number of urea groups is 1. The second kappa shape index (κ2) is 7.82. The summed E-state index contributed by atoms with van der Waals surface area (Å²) in [6, 6.07) is 10.5. The molecule has 0 radical (unpaired) electrons. The molecular weight excluding hydrogens is 326 g/mol. The quantitative estimate of drug-likeness (QED) is 0.544. The van der Waals surface area contributed by atoms with Gasteiger partial charge in [-0.25, -0.2) is 4.79 Å². The van der Waals surface area contributed by atoms with Gasteiger partial charge in [-0.3, -0.25) is 9.59 Å². The summed E-state index contributed by atoms with van der Waals surface area (Å²) in [4.78, 5) is 34.2. The van der Waals surface area contributed by atoms with Crippen LogP contribution in [-0.2, 0) is 4.79 Å². The minimum absolute atomic E-state index is 0.0304. The first-order valence-electron chi connectivity index (χ1n) is 7.33. The van der Waals surface area contributed by atoms with Crippen molar-refractivity contribution >= 4 is 23.6 Å². The van der Waals surface area contributed by atoms with Crippen molar-refractivity contribution < 1.29 is 24.6 Å². The molecule has 0 aliphatic carbocycles. The average molecular weight is 343 g/mol. The number of carbonyl (C=O) groups is 3. The Balaban J connectivity index is 2.08. The fraction of sp³-hybridized carbons (Fsp3) is 0.118. The van der Waals surface area contributed by atoms with Crippen LogP contribution in [0.3, 0.4) is 0 Å². The van der Waals surface area contributed by atoms with E-state index in [0.29, 0.717) is 16.8 Å². The zero-order valence-corrected chi connectivity index (χ0v) is 13.1. The number of aromatic hydroxyl groups is 1. The van der Waals surface area contributed by atoms with Crippen molar-refractivity contribution in [1.82, 2.24) is 5.32 Å². The van der Waals surface area contributed by atoms with Crippen LogP contribution in [0.5, 0.6) is 5.75 Å². The molecule has 0 heterocycles. The number of nitrogens with two attached hydrogens (primary N) is 1. The lowest BCUT2D eigenvalue weighted by Crippen LogP contribution is -2.33. The van der Waals surface area contributed by atoms with Gasteiger partial charge in [0, 0.05) is 11.3 Å². The maximum absolute atomic E-state index is 12.1. The number of carboxylic acid groups (broad SMARTS) is 1. The van der Waals surface area contributed by atoms with Crippen LogP contribution < -0.4 is 16.4 Å². The van der Waals surface area contributed by atoms with Crippen LogP contribution in [0.2, 0.25) is 0 Å². The Labute approximate surface area is 143 Å². The molecule has 8 heteroatoms. The number of amides is 3. The third-order valence-corrected chi connectivity index (χ3v) is 3.38. The number of anilines is 1. The molecule has 1 atom stereocenters. The zero-order chi connectivity index (χ0) is 18.4. The Morgan fingerprint density at radius 3 is 2.32 bits per heavy atom. The molecule has 3 amide bonds. The van der Waals surface area contributed by atoms with Crippen molar-refractivity contribution in [3.05, 3.63) is 59.7 Å². The van der Waals surface area contributed by atoms with Crippen molar-refractivity contribution in [2.75, 3.05) is 5.32 Å². The Morgan fingerprint density at radius 1 is 1.08 bits per heavy atom. The number of phenols is 1. The summed E-state index contributed by atoms with van der Waals surface area (Å²) in [6.07, 6.45) is -0.350. The molecule has 130 valence electrons. The van der Waals surface area contributed by atoms with Crippen molar-refractivity contribution in [3.63, 3.8) is 0 Å². The first-order chi connectivity index (χ1) is 11.8. The molecule has 0 fully saturated rings. The van der Waals surface area contributed by atoms with E-state index in [1.807, 2.05) is 0 Å². The van der Waals surface area contributed by atoms with Crippen LogP contribution in [-0.4, -0.2) is 28.1 Å². The maximum Gasteiger partial charge on any atom is 0.319 e. The molecule has 25 heavy (non-hydrogen) atoms. The number of hydrogen-bond acceptors (Lipinski definition) is 4. The summed E-state index contributed by atoms with van der Waals surface area (Å²) in [5, 5.41) is 23.6. The number of nitrogens with one attached hydrogen (secondary N) is 2. The van der Waals surface area contributed by atoms with Crippen LogP contribution in [0.15, 0.2) is 48.5 Å². The number of rotatable bonds is 6. The van der Waals surface area contributed by atoms with Crippen LogP contribution in [0.1, 0.15) is 28.4 Å². The van der Waals surface area contributed by atoms with Gasteiger partial charge in [0.25, 0.3) is 0 Å². The van der Waals surface area contributed by atoms with E-state index < -0.39 is 23.9 Å². The van der Waals surface area contributed by atoms with Gasteiger partial charge in [0.05, 0.1) is 12.5 Å². The molecule has 0 saturated carbocycles. The molecule has 8 nitrogen and oxygen atoms in total. The summed E-state index contributed by atoms with van der Waals surface area (Å²) in [7, 11) is 0. The lowest BCUT2D eigenvalue weighted by molar-refractivity contribution is -0.137. The van der Waals surface area contributed by atoms with Gasteiger partial charge in [0.15, 0.2) is 0 Å². The highest BCUT2D eigenvalue weighted by Crippen LogP contribution is 2.21. The predicted octanol–water partition coefficient (Wildman–Crippen LogP) is 1.83. The van der Waals surface area contributed by atoms with E-state index in [2.05, 4.69) is 10.6 Å². The second-order valence-electron chi connectivity index (χ2n) is 5.29. The minimum atomic E-state index is -1.10. The third kappa shape index (κ3) is 5.24. The average Bonchev–Trinajstić information content (AvgIpc) is 2.54. The first kappa shape index (κ1) is 17.8. The van der Waals surface area contributed by atoms with E-state index in [0.717, 1.165) is 0 Å². The summed E-state index contributed by atoms with van der Waals surface area (Å²) in [5.74, 6) is -1.71. The molecule has 0 aliphatic rings. The Kier molecular flexibility index (Phi) is 5.57. The molecule has 0 spiro atoms. The smallest absolute Gasteiger partial charge is 0.319 e. The zero-order valence-electron chi connectivity index (χ0n) is 13.1. The van der Waals surface area contributed by atoms with Gasteiger partial charge in [0.1, 0.15) is 5.75 Å². The summed E-state index contributed by atoms with van der Waals surface area (Å²) >= 11 is 0. The Hall–Kier alpha value is -3.55. The molecular formula is C17H17N3O5. The van der Waals surface area contributed by atoms with E-state index in [-0.39, 0.29) is 12.2 Å². The first-order valence-corrected chi connectivity index (χ1v) is 7.33. The minimum Gasteiger partial charge on any atom is -0.508 e. The second-order valence-corrected chi connectivity index (χ2v) is 5.29. The third-order valence-electron chi connectivity index (χ3n) is 3.38. The van der Waals surface area contributed by atoms with E-state index in [4.69, 9.17) is 10.8 Å². The van der Waals surface area contributed by atoms with Gasteiger partial charge in [-0.2, -0.15) is 0 Å². The number of carbonyl (C=O) groups excluding carboxylic acids is 2. The molecule has 6 N–H and O–H groups in total. The molecule has 2 rings (SSSR count). The lowest BCUT2D eigenvalue weighted by atomic mass is 10.0. The van der Waals surface area contributed by atoms with Crippen molar-refractivity contribution in [3.8, 4) is 5.75 Å². The van der Waals surface area contributed by atoms with Gasteiger partial charge in [-0.15, -0.1) is 0 Å². The van der Waals surface area contributed by atoms with Gasteiger partial charge < -0.3 is 26.6 Å². The fourth-order valence-corrected chi connectivity index (χ4v) is 2.21. The number of benzene rings is 2. The normalized spacial score (nSPS) is 11.4. The predicted molar refractivity (Wildman–Crippen MR) is 90.2 cm³/mol. The Bertz CT molecular complexity index is 789. The largest absolute Gasteiger partial charge is 0.508 e. The summed E-state index contributed by atoms with van der Waals surface area (Å²) in [5.41, 5.74) is 6.31. The molecule has 2 aromatic rings. The Morgan fingerprint density at radius 2 is 1.76 bits per heavy atom. The molecule has 0 aliphatic heterocycles. The number of carboxylic acids is 1. The highest BCUT2D eigenvalue weighted by atomic mass is 16.4. The van der Waals surface area contributed by atoms with E-state index in [1.165, 1.54) is 36.4 Å². The van der Waals surface area contributed by atoms with Crippen molar-refractivity contribution in [2.45, 2.75) is 12.5 Å². The van der Waals surface area contributed by atoms with Gasteiger partial charge in [-0.05, 0) is 42.0 Å². The maximum atomic E-state index is 12.1. The van der Waals surface area contributed by atoms with Crippen LogP contribution in [0.25, 0.3) is 0 Å². The van der Waals surface area contributed by atoms with Crippen LogP contribution >= 0.6 is 0 Å². The van der Waals surface area contributed by atoms with E-state index in [9.17, 15) is 19.5 Å². The number of aliphatic carboxylic acids is 1. The van der Waals surface area contributed by atoms with Gasteiger partial charge >= 0.3 is 12.0 Å². The molecule has 0 aromatic heterocycles. The lowest BCUT2D eigenvalue weighted by Gasteiger charge is -2.18. The number of hydrogen-bond donors (Lipinski definition) is 5. The van der Waals surface area contributed by atoms with E-state index >= 15 is 0 Å². The molecule has 2 aromatic carbocycles. The highest BCUT2D eigenvalue weighted by Gasteiger charge is 2.18.